The first-order chi connectivity index (χ1) is 15.0. The second-order valence-electron chi connectivity index (χ2n) is 7.03. The maximum atomic E-state index is 11.6. The number of carbonyl (C=O) groups excluding carboxylic acids is 1. The maximum Gasteiger partial charge on any atom is 0.337 e. The van der Waals surface area contributed by atoms with Gasteiger partial charge in [0.1, 0.15) is 12.4 Å². The Bertz CT molecular complexity index is 932. The van der Waals surface area contributed by atoms with E-state index in [-0.39, 0.29) is 12.0 Å². The zero-order valence-corrected chi connectivity index (χ0v) is 19.1. The highest BCUT2D eigenvalue weighted by Gasteiger charge is 2.31. The first kappa shape index (κ1) is 22.7. The Morgan fingerprint density at radius 2 is 1.81 bits per heavy atom. The van der Waals surface area contributed by atoms with Crippen molar-refractivity contribution in [3.8, 4) is 17.2 Å². The minimum atomic E-state index is -0.379. The molecule has 1 aliphatic rings. The topological polar surface area (TPSA) is 69.3 Å². The van der Waals surface area contributed by atoms with Crippen LogP contribution in [-0.4, -0.2) is 57.0 Å². The van der Waals surface area contributed by atoms with E-state index in [4.69, 9.17) is 31.2 Å². The van der Waals surface area contributed by atoms with Gasteiger partial charge in [0.05, 0.1) is 32.9 Å². The lowest BCUT2D eigenvalue weighted by Crippen LogP contribution is -2.47. The smallest absolute Gasteiger partial charge is 0.337 e. The number of hydrogen-bond acceptors (Lipinski definition) is 6. The highest BCUT2D eigenvalue weighted by Crippen LogP contribution is 2.38. The Labute approximate surface area is 188 Å². The Kier molecular flexibility index (Phi) is 7.57. The lowest BCUT2D eigenvalue weighted by atomic mass is 9.92. The molecule has 1 aliphatic heterocycles. The van der Waals surface area contributed by atoms with Gasteiger partial charge in [0.15, 0.2) is 16.6 Å². The quantitative estimate of drug-likeness (QED) is 0.515. The number of ether oxygens (including phenoxy) is 4. The van der Waals surface area contributed by atoms with Gasteiger partial charge >= 0.3 is 5.97 Å². The van der Waals surface area contributed by atoms with E-state index in [1.54, 1.807) is 38.5 Å². The summed E-state index contributed by atoms with van der Waals surface area (Å²) in [6, 6.07) is 10.8. The van der Waals surface area contributed by atoms with Crippen molar-refractivity contribution in [3.05, 3.63) is 53.1 Å². The summed E-state index contributed by atoms with van der Waals surface area (Å²) in [6.45, 7) is 3.92. The monoisotopic (exact) mass is 444 g/mol. The van der Waals surface area contributed by atoms with E-state index in [9.17, 15) is 4.79 Å². The van der Waals surface area contributed by atoms with Crippen LogP contribution >= 0.6 is 12.2 Å². The molecule has 1 heterocycles. The number of nitrogens with one attached hydrogen (secondary N) is 1. The Morgan fingerprint density at radius 1 is 1.13 bits per heavy atom. The molecule has 8 heteroatoms. The molecule has 0 aliphatic carbocycles. The molecule has 1 N–H and O–H groups in total. The van der Waals surface area contributed by atoms with Crippen LogP contribution in [-0.2, 0) is 11.2 Å². The summed E-state index contributed by atoms with van der Waals surface area (Å²) < 4.78 is 21.9. The first-order valence-corrected chi connectivity index (χ1v) is 10.5. The van der Waals surface area contributed by atoms with E-state index in [0.29, 0.717) is 34.5 Å². The van der Waals surface area contributed by atoms with Gasteiger partial charge in [0.25, 0.3) is 0 Å². The summed E-state index contributed by atoms with van der Waals surface area (Å²) in [7, 11) is 4.62. The van der Waals surface area contributed by atoms with Crippen molar-refractivity contribution in [1.29, 1.82) is 0 Å². The summed E-state index contributed by atoms with van der Waals surface area (Å²) in [6.07, 6.45) is 0.839. The van der Waals surface area contributed by atoms with Crippen LogP contribution in [0.4, 0.5) is 0 Å². The van der Waals surface area contributed by atoms with Crippen molar-refractivity contribution in [2.75, 3.05) is 41.0 Å². The van der Waals surface area contributed by atoms with Gasteiger partial charge in [0.2, 0.25) is 0 Å². The van der Waals surface area contributed by atoms with Crippen LogP contribution in [0.2, 0.25) is 0 Å². The number of methoxy groups -OCH3 is 3. The number of thiocarbonyl (C=S) groups is 1. The van der Waals surface area contributed by atoms with Gasteiger partial charge < -0.3 is 29.2 Å². The molecule has 7 nitrogen and oxygen atoms in total. The van der Waals surface area contributed by atoms with Gasteiger partial charge in [-0.25, -0.2) is 4.79 Å². The molecule has 0 aromatic heterocycles. The maximum absolute atomic E-state index is 11.6. The van der Waals surface area contributed by atoms with Gasteiger partial charge in [-0.15, -0.1) is 0 Å². The van der Waals surface area contributed by atoms with Crippen molar-refractivity contribution in [1.82, 2.24) is 10.2 Å². The number of nitrogens with zero attached hydrogens (tertiary/aromatic N) is 1. The van der Waals surface area contributed by atoms with E-state index in [0.717, 1.165) is 25.1 Å². The van der Waals surface area contributed by atoms with E-state index in [2.05, 4.69) is 10.2 Å². The van der Waals surface area contributed by atoms with E-state index >= 15 is 0 Å². The molecule has 0 fully saturated rings. The van der Waals surface area contributed by atoms with E-state index in [1.165, 1.54) is 12.7 Å². The van der Waals surface area contributed by atoms with Crippen molar-refractivity contribution >= 4 is 23.3 Å². The molecule has 2 aromatic carbocycles. The first-order valence-electron chi connectivity index (χ1n) is 10.1. The number of rotatable bonds is 7. The molecule has 0 unspecified atom stereocenters. The van der Waals surface area contributed by atoms with Crippen LogP contribution in [0, 0.1) is 0 Å². The molecule has 0 spiro atoms. The Balaban J connectivity index is 1.88. The van der Waals surface area contributed by atoms with Crippen LogP contribution in [0.5, 0.6) is 17.2 Å². The molecular weight excluding hydrogens is 416 g/mol. The third-order valence-corrected chi connectivity index (χ3v) is 5.65. The van der Waals surface area contributed by atoms with Gasteiger partial charge in [-0.2, -0.15) is 0 Å². The molecule has 0 saturated heterocycles. The predicted octanol–water partition coefficient (Wildman–Crippen LogP) is 3.36. The van der Waals surface area contributed by atoms with Crippen LogP contribution in [0.1, 0.15) is 34.5 Å². The molecule has 31 heavy (non-hydrogen) atoms. The molecule has 0 radical (unpaired) electrons. The lowest BCUT2D eigenvalue weighted by molar-refractivity contribution is 0.0600. The van der Waals surface area contributed by atoms with Gasteiger partial charge in [-0.05, 0) is 73.1 Å². The lowest BCUT2D eigenvalue weighted by Gasteiger charge is -2.39. The van der Waals surface area contributed by atoms with Crippen LogP contribution in [0.15, 0.2) is 36.4 Å². The SMILES string of the molecule is CCNC(=S)N1CCc2cc(OC)c(OC)cc2[C@@H]1COc1ccc(C(=O)OC)cc1. The number of carbonyl (C=O) groups is 1. The molecule has 1 atom stereocenters. The average Bonchev–Trinajstić information content (AvgIpc) is 2.81. The van der Waals surface area contributed by atoms with Crippen LogP contribution in [0.3, 0.4) is 0 Å². The fraction of sp³-hybridized carbons (Fsp3) is 0.391. The second-order valence-corrected chi connectivity index (χ2v) is 7.41. The van der Waals surface area contributed by atoms with Crippen molar-refractivity contribution < 1.29 is 23.7 Å². The largest absolute Gasteiger partial charge is 0.493 e. The molecule has 0 saturated carbocycles. The van der Waals surface area contributed by atoms with Crippen LogP contribution < -0.4 is 19.5 Å². The summed E-state index contributed by atoms with van der Waals surface area (Å²) in [4.78, 5) is 13.8. The minimum Gasteiger partial charge on any atom is -0.493 e. The fourth-order valence-electron chi connectivity index (χ4n) is 3.68. The third-order valence-electron chi connectivity index (χ3n) is 5.27. The summed E-state index contributed by atoms with van der Waals surface area (Å²) in [5, 5.41) is 3.94. The molecular formula is C23H28N2O5S. The third kappa shape index (κ3) is 5.02. The summed E-state index contributed by atoms with van der Waals surface area (Å²) >= 11 is 5.63. The fourth-order valence-corrected chi connectivity index (χ4v) is 4.05. The van der Waals surface area contributed by atoms with Crippen LogP contribution in [0.25, 0.3) is 0 Å². The predicted molar refractivity (Wildman–Crippen MR) is 122 cm³/mol. The highest BCUT2D eigenvalue weighted by molar-refractivity contribution is 7.80. The molecule has 166 valence electrons. The number of fused-ring (bicyclic) bond motifs is 1. The number of benzene rings is 2. The Hall–Kier alpha value is -3.00. The zero-order chi connectivity index (χ0) is 22.4. The zero-order valence-electron chi connectivity index (χ0n) is 18.3. The Morgan fingerprint density at radius 3 is 2.42 bits per heavy atom. The summed E-state index contributed by atoms with van der Waals surface area (Å²) in [5.41, 5.74) is 2.75. The molecule has 3 rings (SSSR count). The van der Waals surface area contributed by atoms with E-state index in [1.807, 2.05) is 19.1 Å². The minimum absolute atomic E-state index is 0.101. The number of hydrogen-bond donors (Lipinski definition) is 1. The molecule has 0 bridgehead atoms. The van der Waals surface area contributed by atoms with Crippen molar-refractivity contribution in [3.63, 3.8) is 0 Å². The second kappa shape index (κ2) is 10.3. The van der Waals surface area contributed by atoms with Gasteiger partial charge in [0, 0.05) is 13.1 Å². The van der Waals surface area contributed by atoms with Crippen molar-refractivity contribution in [2.24, 2.45) is 0 Å². The average molecular weight is 445 g/mol. The van der Waals surface area contributed by atoms with Gasteiger partial charge in [-0.1, -0.05) is 0 Å². The number of esters is 1. The van der Waals surface area contributed by atoms with Gasteiger partial charge in [-0.3, -0.25) is 0 Å². The standard InChI is InChI=1S/C23H28N2O5S/c1-5-24-23(31)25-11-10-16-12-20(27-2)21(28-3)13-18(16)19(25)14-30-17-8-6-15(7-9-17)22(26)29-4/h6-9,12-13,19H,5,10-11,14H2,1-4H3,(H,24,31)/t19-/m0/s1. The highest BCUT2D eigenvalue weighted by atomic mass is 32.1. The van der Waals surface area contributed by atoms with E-state index < -0.39 is 0 Å². The molecule has 0 amide bonds. The molecule has 2 aromatic rings. The normalized spacial score (nSPS) is 15.0. The van der Waals surface area contributed by atoms with Crippen molar-refractivity contribution in [2.45, 2.75) is 19.4 Å². The summed E-state index contributed by atoms with van der Waals surface area (Å²) in [5.74, 6) is 1.66.